The minimum Gasteiger partial charge on any atom is -0.325 e. The zero-order valence-corrected chi connectivity index (χ0v) is 13.7. The lowest BCUT2D eigenvalue weighted by molar-refractivity contribution is -0.113. The Bertz CT molecular complexity index is 593. The van der Waals surface area contributed by atoms with Gasteiger partial charge in [-0.25, -0.2) is 0 Å². The Morgan fingerprint density at radius 2 is 1.71 bits per heavy atom. The highest BCUT2D eigenvalue weighted by Gasteiger charge is 2.05. The topological polar surface area (TPSA) is 29.1 Å². The second-order valence-electron chi connectivity index (χ2n) is 5.07. The van der Waals surface area contributed by atoms with E-state index in [-0.39, 0.29) is 5.91 Å². The van der Waals surface area contributed by atoms with Crippen molar-refractivity contribution in [1.82, 2.24) is 0 Å². The van der Waals surface area contributed by atoms with Crippen LogP contribution in [0.4, 0.5) is 5.69 Å². The van der Waals surface area contributed by atoms with Crippen LogP contribution in [0.1, 0.15) is 25.3 Å². The number of rotatable bonds is 5. The molecular weight excluding hydrogens is 302 g/mol. The van der Waals surface area contributed by atoms with E-state index >= 15 is 0 Å². The molecule has 0 aliphatic rings. The molecule has 4 heteroatoms. The molecule has 2 aromatic carbocycles. The van der Waals surface area contributed by atoms with E-state index in [2.05, 4.69) is 19.2 Å². The average Bonchev–Trinajstić information content (AvgIpc) is 2.47. The molecule has 0 fully saturated rings. The number of nitrogens with one attached hydrogen (secondary N) is 1. The van der Waals surface area contributed by atoms with Crippen LogP contribution in [0.25, 0.3) is 0 Å². The van der Waals surface area contributed by atoms with Crippen LogP contribution >= 0.6 is 23.4 Å². The second-order valence-corrected chi connectivity index (χ2v) is 6.55. The van der Waals surface area contributed by atoms with Gasteiger partial charge in [0.1, 0.15) is 0 Å². The maximum absolute atomic E-state index is 11.9. The summed E-state index contributed by atoms with van der Waals surface area (Å²) in [7, 11) is 0. The van der Waals surface area contributed by atoms with E-state index in [0.29, 0.717) is 16.7 Å². The highest BCUT2D eigenvalue weighted by atomic mass is 35.5. The molecule has 0 saturated heterocycles. The van der Waals surface area contributed by atoms with Crippen LogP contribution in [0, 0.1) is 0 Å². The predicted molar refractivity (Wildman–Crippen MR) is 91.3 cm³/mol. The lowest BCUT2D eigenvalue weighted by Gasteiger charge is -2.08. The molecule has 2 nitrogen and oxygen atoms in total. The fourth-order valence-electron chi connectivity index (χ4n) is 1.83. The maximum Gasteiger partial charge on any atom is 0.234 e. The molecule has 1 amide bonds. The molecular formula is C17H18ClNOS. The molecule has 110 valence electrons. The van der Waals surface area contributed by atoms with Gasteiger partial charge in [-0.05, 0) is 47.9 Å². The van der Waals surface area contributed by atoms with Crippen molar-refractivity contribution in [3.05, 3.63) is 59.1 Å². The number of anilines is 1. The summed E-state index contributed by atoms with van der Waals surface area (Å²) in [4.78, 5) is 12.9. The van der Waals surface area contributed by atoms with Crippen LogP contribution in [0.5, 0.6) is 0 Å². The standard InChI is InChI=1S/C17H18ClNOS/c1-12(2)13-3-7-15(8-4-13)19-17(20)11-21-16-9-5-14(18)6-10-16/h3-10,12H,11H2,1-2H3,(H,19,20). The summed E-state index contributed by atoms with van der Waals surface area (Å²) in [6.07, 6.45) is 0. The van der Waals surface area contributed by atoms with E-state index in [4.69, 9.17) is 11.6 Å². The van der Waals surface area contributed by atoms with Crippen molar-refractivity contribution in [2.75, 3.05) is 11.1 Å². The van der Waals surface area contributed by atoms with E-state index in [1.807, 2.05) is 48.5 Å². The van der Waals surface area contributed by atoms with E-state index in [0.717, 1.165) is 10.6 Å². The Morgan fingerprint density at radius 3 is 2.29 bits per heavy atom. The van der Waals surface area contributed by atoms with Crippen molar-refractivity contribution in [1.29, 1.82) is 0 Å². The van der Waals surface area contributed by atoms with Crippen molar-refractivity contribution in [2.45, 2.75) is 24.7 Å². The van der Waals surface area contributed by atoms with Gasteiger partial charge in [0.15, 0.2) is 0 Å². The molecule has 0 aliphatic heterocycles. The van der Waals surface area contributed by atoms with Gasteiger partial charge in [-0.1, -0.05) is 37.6 Å². The summed E-state index contributed by atoms with van der Waals surface area (Å²) in [6.45, 7) is 4.30. The van der Waals surface area contributed by atoms with Crippen molar-refractivity contribution in [2.24, 2.45) is 0 Å². The molecule has 21 heavy (non-hydrogen) atoms. The van der Waals surface area contributed by atoms with Gasteiger partial charge in [0.2, 0.25) is 5.91 Å². The molecule has 0 aliphatic carbocycles. The smallest absolute Gasteiger partial charge is 0.234 e. The number of halogens is 1. The normalized spacial score (nSPS) is 10.7. The van der Waals surface area contributed by atoms with Gasteiger partial charge < -0.3 is 5.32 Å². The van der Waals surface area contributed by atoms with E-state index in [1.165, 1.54) is 17.3 Å². The Kier molecular flexibility index (Phi) is 5.71. The van der Waals surface area contributed by atoms with Crippen molar-refractivity contribution >= 4 is 35.0 Å². The minimum absolute atomic E-state index is 0.00718. The lowest BCUT2D eigenvalue weighted by Crippen LogP contribution is -2.13. The molecule has 0 atom stereocenters. The predicted octanol–water partition coefficient (Wildman–Crippen LogP) is 5.19. The molecule has 0 heterocycles. The van der Waals surface area contributed by atoms with Gasteiger partial charge in [-0.2, -0.15) is 0 Å². The van der Waals surface area contributed by atoms with Crippen LogP contribution < -0.4 is 5.32 Å². The van der Waals surface area contributed by atoms with Gasteiger partial charge in [-0.15, -0.1) is 11.8 Å². The number of carbonyl (C=O) groups excluding carboxylic acids is 1. The molecule has 0 spiro atoms. The number of hydrogen-bond donors (Lipinski definition) is 1. The van der Waals surface area contributed by atoms with E-state index in [9.17, 15) is 4.79 Å². The molecule has 0 aromatic heterocycles. The third kappa shape index (κ3) is 5.10. The highest BCUT2D eigenvalue weighted by Crippen LogP contribution is 2.21. The maximum atomic E-state index is 11.9. The third-order valence-corrected chi connectivity index (χ3v) is 4.31. The molecule has 0 saturated carbocycles. The van der Waals surface area contributed by atoms with Gasteiger partial charge in [0.05, 0.1) is 5.75 Å². The summed E-state index contributed by atoms with van der Waals surface area (Å²) < 4.78 is 0. The molecule has 1 N–H and O–H groups in total. The van der Waals surface area contributed by atoms with Crippen molar-refractivity contribution < 1.29 is 4.79 Å². The van der Waals surface area contributed by atoms with Crippen molar-refractivity contribution in [3.63, 3.8) is 0 Å². The van der Waals surface area contributed by atoms with Crippen LogP contribution in [0.2, 0.25) is 5.02 Å². The molecule has 0 bridgehead atoms. The second kappa shape index (κ2) is 7.53. The fraction of sp³-hybridized carbons (Fsp3) is 0.235. The largest absolute Gasteiger partial charge is 0.325 e. The Morgan fingerprint density at radius 1 is 1.10 bits per heavy atom. The van der Waals surface area contributed by atoms with E-state index in [1.54, 1.807) is 0 Å². The average molecular weight is 320 g/mol. The minimum atomic E-state index is -0.00718. The molecule has 0 unspecified atom stereocenters. The number of thioether (sulfide) groups is 1. The summed E-state index contributed by atoms with van der Waals surface area (Å²) >= 11 is 7.32. The molecule has 2 rings (SSSR count). The first-order chi connectivity index (χ1) is 10.0. The monoisotopic (exact) mass is 319 g/mol. The highest BCUT2D eigenvalue weighted by molar-refractivity contribution is 8.00. The molecule has 2 aromatic rings. The zero-order chi connectivity index (χ0) is 15.2. The lowest BCUT2D eigenvalue weighted by atomic mass is 10.0. The first-order valence-electron chi connectivity index (χ1n) is 6.83. The number of amides is 1. The number of hydrogen-bond acceptors (Lipinski definition) is 2. The van der Waals surface area contributed by atoms with Gasteiger partial charge in [0, 0.05) is 15.6 Å². The Balaban J connectivity index is 1.85. The van der Waals surface area contributed by atoms with Crippen LogP contribution in [0.3, 0.4) is 0 Å². The van der Waals surface area contributed by atoms with Crippen LogP contribution in [-0.2, 0) is 4.79 Å². The first kappa shape index (κ1) is 15.9. The SMILES string of the molecule is CC(C)c1ccc(NC(=O)CSc2ccc(Cl)cc2)cc1. The van der Waals surface area contributed by atoms with Crippen LogP contribution in [0.15, 0.2) is 53.4 Å². The van der Waals surface area contributed by atoms with Gasteiger partial charge in [0.25, 0.3) is 0 Å². The Hall–Kier alpha value is -1.45. The third-order valence-electron chi connectivity index (χ3n) is 3.04. The fourth-order valence-corrected chi connectivity index (χ4v) is 2.65. The van der Waals surface area contributed by atoms with Crippen molar-refractivity contribution in [3.8, 4) is 0 Å². The van der Waals surface area contributed by atoms with Gasteiger partial charge in [-0.3, -0.25) is 4.79 Å². The number of benzene rings is 2. The summed E-state index contributed by atoms with van der Waals surface area (Å²) in [5.74, 6) is 0.871. The van der Waals surface area contributed by atoms with Crippen LogP contribution in [-0.4, -0.2) is 11.7 Å². The number of carbonyl (C=O) groups is 1. The summed E-state index contributed by atoms with van der Waals surface area (Å²) in [6, 6.07) is 15.5. The Labute approximate surface area is 134 Å². The van der Waals surface area contributed by atoms with Gasteiger partial charge >= 0.3 is 0 Å². The summed E-state index contributed by atoms with van der Waals surface area (Å²) in [5.41, 5.74) is 2.10. The van der Waals surface area contributed by atoms with E-state index < -0.39 is 0 Å². The molecule has 0 radical (unpaired) electrons. The first-order valence-corrected chi connectivity index (χ1v) is 8.19. The zero-order valence-electron chi connectivity index (χ0n) is 12.1. The quantitative estimate of drug-likeness (QED) is 0.768. The summed E-state index contributed by atoms with van der Waals surface area (Å²) in [5, 5.41) is 3.61.